The van der Waals surface area contributed by atoms with Crippen molar-refractivity contribution in [3.8, 4) is 0 Å². The Morgan fingerprint density at radius 2 is 2.29 bits per heavy atom. The van der Waals surface area contributed by atoms with E-state index < -0.39 is 0 Å². The average Bonchev–Trinajstić information content (AvgIpc) is 2.59. The molecule has 14 heavy (non-hydrogen) atoms. The van der Waals surface area contributed by atoms with Gasteiger partial charge in [-0.2, -0.15) is 0 Å². The summed E-state index contributed by atoms with van der Waals surface area (Å²) in [6, 6.07) is 0. The third-order valence-corrected chi connectivity index (χ3v) is 2.38. The summed E-state index contributed by atoms with van der Waals surface area (Å²) in [5.74, 6) is 1.66. The minimum atomic E-state index is 0.649. The fourth-order valence-corrected chi connectivity index (χ4v) is 1.63. The van der Waals surface area contributed by atoms with Crippen LogP contribution in [0.2, 0.25) is 0 Å². The van der Waals surface area contributed by atoms with Gasteiger partial charge in [0.15, 0.2) is 0 Å². The first-order valence-electron chi connectivity index (χ1n) is 5.07. The number of hydrogen-bond donors (Lipinski definition) is 0. The van der Waals surface area contributed by atoms with Crippen molar-refractivity contribution >= 4 is 17.5 Å². The summed E-state index contributed by atoms with van der Waals surface area (Å²) in [4.78, 5) is 6.55. The molecule has 0 spiro atoms. The summed E-state index contributed by atoms with van der Waals surface area (Å²) in [6.45, 7) is 4.10. The zero-order valence-electron chi connectivity index (χ0n) is 8.91. The molecule has 4 heteroatoms. The number of unbranched alkanes of at least 4 members (excludes halogenated alkanes) is 1. The summed E-state index contributed by atoms with van der Waals surface area (Å²) >= 11 is 5.77. The van der Waals surface area contributed by atoms with Crippen molar-refractivity contribution in [2.45, 2.75) is 19.8 Å². The van der Waals surface area contributed by atoms with Crippen LogP contribution < -0.4 is 4.90 Å². The molecule has 3 nitrogen and oxygen atoms in total. The van der Waals surface area contributed by atoms with E-state index >= 15 is 0 Å². The molecule has 1 heterocycles. The minimum absolute atomic E-state index is 0.649. The molecule has 0 saturated carbocycles. The van der Waals surface area contributed by atoms with Crippen LogP contribution >= 0.6 is 11.6 Å². The summed E-state index contributed by atoms with van der Waals surface area (Å²) in [5.41, 5.74) is 0. The maximum Gasteiger partial charge on any atom is 0.205 e. The molecular formula is C10H18ClN3. The van der Waals surface area contributed by atoms with Crippen LogP contribution in [0, 0.1) is 0 Å². The van der Waals surface area contributed by atoms with E-state index in [1.54, 1.807) is 0 Å². The highest BCUT2D eigenvalue weighted by Crippen LogP contribution is 2.10. The molecule has 1 aromatic heterocycles. The Kier molecular flexibility index (Phi) is 4.80. The third-order valence-electron chi connectivity index (χ3n) is 2.21. The van der Waals surface area contributed by atoms with Crippen LogP contribution in [0.4, 0.5) is 5.95 Å². The van der Waals surface area contributed by atoms with Gasteiger partial charge >= 0.3 is 0 Å². The van der Waals surface area contributed by atoms with Crippen LogP contribution in [0.1, 0.15) is 19.8 Å². The van der Waals surface area contributed by atoms with Crippen molar-refractivity contribution in [3.05, 3.63) is 12.4 Å². The van der Waals surface area contributed by atoms with Gasteiger partial charge in [0.1, 0.15) is 0 Å². The first-order chi connectivity index (χ1) is 6.79. The molecule has 0 fully saturated rings. The molecule has 0 unspecified atom stereocenters. The molecule has 0 aliphatic heterocycles. The number of anilines is 1. The van der Waals surface area contributed by atoms with Gasteiger partial charge in [-0.25, -0.2) is 4.98 Å². The van der Waals surface area contributed by atoms with Crippen LogP contribution in [0.15, 0.2) is 12.4 Å². The van der Waals surface area contributed by atoms with E-state index in [4.69, 9.17) is 11.6 Å². The Bertz CT molecular complexity index is 260. The Hall–Kier alpha value is -0.700. The fraction of sp³-hybridized carbons (Fsp3) is 0.700. The molecule has 80 valence electrons. The largest absolute Gasteiger partial charge is 0.341 e. The van der Waals surface area contributed by atoms with Crippen LogP contribution in [-0.2, 0) is 7.05 Å². The second-order valence-electron chi connectivity index (χ2n) is 3.37. The zero-order chi connectivity index (χ0) is 10.4. The molecule has 0 amide bonds. The Balaban J connectivity index is 2.62. The zero-order valence-corrected chi connectivity index (χ0v) is 9.67. The number of imidazole rings is 1. The molecule has 0 saturated heterocycles. The van der Waals surface area contributed by atoms with Crippen molar-refractivity contribution in [2.24, 2.45) is 7.05 Å². The lowest BCUT2D eigenvalue weighted by Crippen LogP contribution is -2.29. The number of aryl methyl sites for hydroxylation is 1. The molecule has 0 aliphatic carbocycles. The van der Waals surface area contributed by atoms with Gasteiger partial charge in [0.05, 0.1) is 0 Å². The third kappa shape index (κ3) is 2.91. The van der Waals surface area contributed by atoms with Crippen molar-refractivity contribution in [2.75, 3.05) is 23.9 Å². The normalized spacial score (nSPS) is 10.5. The lowest BCUT2D eigenvalue weighted by atomic mass is 10.3. The molecule has 0 radical (unpaired) electrons. The molecule has 1 rings (SSSR count). The van der Waals surface area contributed by atoms with Gasteiger partial charge in [0.2, 0.25) is 5.95 Å². The van der Waals surface area contributed by atoms with E-state index in [2.05, 4.69) is 16.8 Å². The lowest BCUT2D eigenvalue weighted by Gasteiger charge is -2.22. The Labute approximate surface area is 90.7 Å². The first-order valence-corrected chi connectivity index (χ1v) is 5.61. The lowest BCUT2D eigenvalue weighted by molar-refractivity contribution is 0.699. The molecule has 0 bridgehead atoms. The van der Waals surface area contributed by atoms with E-state index in [0.717, 1.165) is 19.0 Å². The highest BCUT2D eigenvalue weighted by atomic mass is 35.5. The van der Waals surface area contributed by atoms with Crippen LogP contribution in [0.25, 0.3) is 0 Å². The summed E-state index contributed by atoms with van der Waals surface area (Å²) in [6.07, 6.45) is 6.16. The fourth-order valence-electron chi connectivity index (χ4n) is 1.43. The molecule has 0 aliphatic rings. The Morgan fingerprint density at radius 3 is 2.79 bits per heavy atom. The number of nitrogens with zero attached hydrogens (tertiary/aromatic N) is 3. The molecule has 0 atom stereocenters. The predicted molar refractivity (Wildman–Crippen MR) is 61.0 cm³/mol. The van der Waals surface area contributed by atoms with Gasteiger partial charge in [0, 0.05) is 38.4 Å². The topological polar surface area (TPSA) is 21.1 Å². The van der Waals surface area contributed by atoms with Crippen molar-refractivity contribution < 1.29 is 0 Å². The van der Waals surface area contributed by atoms with Crippen molar-refractivity contribution in [3.63, 3.8) is 0 Å². The average molecular weight is 216 g/mol. The van der Waals surface area contributed by atoms with Crippen LogP contribution in [0.5, 0.6) is 0 Å². The summed E-state index contributed by atoms with van der Waals surface area (Å²) < 4.78 is 2.03. The van der Waals surface area contributed by atoms with Gasteiger partial charge in [-0.1, -0.05) is 13.3 Å². The van der Waals surface area contributed by atoms with Crippen molar-refractivity contribution in [1.82, 2.24) is 9.55 Å². The highest BCUT2D eigenvalue weighted by Gasteiger charge is 2.08. The van der Waals surface area contributed by atoms with Gasteiger partial charge < -0.3 is 9.47 Å². The van der Waals surface area contributed by atoms with E-state index in [-0.39, 0.29) is 0 Å². The number of halogens is 1. The number of alkyl halides is 1. The SMILES string of the molecule is CCCCN(CCCl)c1nccn1C. The maximum atomic E-state index is 5.77. The van der Waals surface area contributed by atoms with Crippen molar-refractivity contribution in [1.29, 1.82) is 0 Å². The second-order valence-corrected chi connectivity index (χ2v) is 3.75. The smallest absolute Gasteiger partial charge is 0.205 e. The second kappa shape index (κ2) is 5.91. The predicted octanol–water partition coefficient (Wildman–Crippen LogP) is 2.27. The summed E-state index contributed by atoms with van der Waals surface area (Å²) in [7, 11) is 2.01. The number of aromatic nitrogens is 2. The molecule has 0 aromatic carbocycles. The number of hydrogen-bond acceptors (Lipinski definition) is 2. The molecule has 1 aromatic rings. The van der Waals surface area contributed by atoms with Gasteiger partial charge in [-0.15, -0.1) is 11.6 Å². The quantitative estimate of drug-likeness (QED) is 0.679. The summed E-state index contributed by atoms with van der Waals surface area (Å²) in [5, 5.41) is 0. The van der Waals surface area contributed by atoms with Gasteiger partial charge in [-0.3, -0.25) is 0 Å². The van der Waals surface area contributed by atoms with E-state index in [1.165, 1.54) is 12.8 Å². The van der Waals surface area contributed by atoms with E-state index in [9.17, 15) is 0 Å². The standard InChI is InChI=1S/C10H18ClN3/c1-3-4-7-14(8-5-11)10-12-6-9-13(10)2/h6,9H,3-5,7-8H2,1-2H3. The van der Waals surface area contributed by atoms with Crippen LogP contribution in [-0.4, -0.2) is 28.5 Å². The van der Waals surface area contributed by atoms with Gasteiger partial charge in [0.25, 0.3) is 0 Å². The van der Waals surface area contributed by atoms with E-state index in [1.807, 2.05) is 24.0 Å². The maximum absolute atomic E-state index is 5.77. The minimum Gasteiger partial charge on any atom is -0.341 e. The monoisotopic (exact) mass is 215 g/mol. The molecular weight excluding hydrogens is 198 g/mol. The first kappa shape index (κ1) is 11.4. The Morgan fingerprint density at radius 1 is 1.50 bits per heavy atom. The highest BCUT2D eigenvalue weighted by molar-refractivity contribution is 6.18. The molecule has 0 N–H and O–H groups in total. The number of rotatable bonds is 6. The van der Waals surface area contributed by atoms with Gasteiger partial charge in [-0.05, 0) is 6.42 Å². The van der Waals surface area contributed by atoms with E-state index in [0.29, 0.717) is 5.88 Å². The van der Waals surface area contributed by atoms with Crippen LogP contribution in [0.3, 0.4) is 0 Å².